The molecule has 0 aliphatic heterocycles. The molecule has 16 heavy (non-hydrogen) atoms. The largest absolute Gasteiger partial charge is 0.399 e. The summed E-state index contributed by atoms with van der Waals surface area (Å²) in [5, 5.41) is 7.99. The molecule has 5 heteroatoms. The quantitative estimate of drug-likeness (QED) is 0.632. The monoisotopic (exact) mass is 234 g/mol. The van der Waals surface area contributed by atoms with E-state index in [1.807, 2.05) is 25.1 Å². The zero-order valence-electron chi connectivity index (χ0n) is 9.27. The third-order valence-corrected chi connectivity index (χ3v) is 3.26. The van der Waals surface area contributed by atoms with E-state index in [0.29, 0.717) is 5.25 Å². The summed E-state index contributed by atoms with van der Waals surface area (Å²) in [5.41, 5.74) is 7.72. The van der Waals surface area contributed by atoms with Gasteiger partial charge in [-0.05, 0) is 31.5 Å². The maximum absolute atomic E-state index is 5.75. The summed E-state index contributed by atoms with van der Waals surface area (Å²) in [6, 6.07) is 7.90. The van der Waals surface area contributed by atoms with Crippen molar-refractivity contribution >= 4 is 17.4 Å². The Morgan fingerprint density at radius 2 is 2.25 bits per heavy atom. The van der Waals surface area contributed by atoms with Crippen molar-refractivity contribution in [3.8, 4) is 0 Å². The van der Waals surface area contributed by atoms with E-state index >= 15 is 0 Å². The third kappa shape index (κ3) is 2.55. The predicted octanol–water partition coefficient (Wildman–Crippen LogP) is 2.55. The van der Waals surface area contributed by atoms with E-state index < -0.39 is 0 Å². The van der Waals surface area contributed by atoms with Gasteiger partial charge >= 0.3 is 0 Å². The Balaban J connectivity index is 2.11. The van der Waals surface area contributed by atoms with Gasteiger partial charge in [-0.15, -0.1) is 5.10 Å². The van der Waals surface area contributed by atoms with Gasteiger partial charge in [0, 0.05) is 10.9 Å². The minimum atomic E-state index is 0.290. The Hall–Kier alpha value is -1.49. The summed E-state index contributed by atoms with van der Waals surface area (Å²) < 4.78 is 0. The molecule has 84 valence electrons. The molecule has 0 radical (unpaired) electrons. The van der Waals surface area contributed by atoms with E-state index in [9.17, 15) is 0 Å². The van der Waals surface area contributed by atoms with Gasteiger partial charge in [0.2, 0.25) is 5.16 Å². The third-order valence-electron chi connectivity index (χ3n) is 2.24. The zero-order chi connectivity index (χ0) is 11.5. The standard InChI is InChI=1S/C11H14N4S/c1-7(9-4-3-5-10(12)6-9)16-11-13-8(2)14-15-11/h3-7H,12H2,1-2H3,(H,13,14,15). The number of H-pyrrole nitrogens is 1. The second-order valence-electron chi connectivity index (χ2n) is 3.63. The molecule has 0 aliphatic carbocycles. The molecule has 0 bridgehead atoms. The van der Waals surface area contributed by atoms with Crippen molar-refractivity contribution in [3.05, 3.63) is 35.7 Å². The molecule has 2 aromatic rings. The summed E-state index contributed by atoms with van der Waals surface area (Å²) in [6.45, 7) is 4.01. The van der Waals surface area contributed by atoms with Crippen molar-refractivity contribution < 1.29 is 0 Å². The highest BCUT2D eigenvalue weighted by Crippen LogP contribution is 2.33. The van der Waals surface area contributed by atoms with Crippen LogP contribution in [0.2, 0.25) is 0 Å². The van der Waals surface area contributed by atoms with Gasteiger partial charge in [-0.25, -0.2) is 4.98 Å². The lowest BCUT2D eigenvalue weighted by atomic mass is 10.1. The van der Waals surface area contributed by atoms with E-state index in [-0.39, 0.29) is 0 Å². The summed E-state index contributed by atoms with van der Waals surface area (Å²) >= 11 is 1.62. The molecule has 4 nitrogen and oxygen atoms in total. The van der Waals surface area contributed by atoms with Gasteiger partial charge in [-0.2, -0.15) is 0 Å². The lowest BCUT2D eigenvalue weighted by molar-refractivity contribution is 0.958. The van der Waals surface area contributed by atoms with Gasteiger partial charge in [0.15, 0.2) is 0 Å². The maximum atomic E-state index is 5.75. The Labute approximate surface area is 98.7 Å². The number of aryl methyl sites for hydroxylation is 1. The van der Waals surface area contributed by atoms with Crippen LogP contribution in [0.1, 0.15) is 23.6 Å². The number of hydrogen-bond acceptors (Lipinski definition) is 4. The zero-order valence-corrected chi connectivity index (χ0v) is 10.1. The molecule has 0 amide bonds. The molecule has 0 saturated heterocycles. The van der Waals surface area contributed by atoms with Gasteiger partial charge in [-0.3, -0.25) is 5.10 Å². The average Bonchev–Trinajstić information content (AvgIpc) is 2.64. The summed E-state index contributed by atoms with van der Waals surface area (Å²) in [6.07, 6.45) is 0. The van der Waals surface area contributed by atoms with Crippen molar-refractivity contribution in [2.24, 2.45) is 0 Å². The molecule has 0 saturated carbocycles. The highest BCUT2D eigenvalue weighted by Gasteiger charge is 2.10. The number of aromatic amines is 1. The van der Waals surface area contributed by atoms with E-state index in [2.05, 4.69) is 28.2 Å². The van der Waals surface area contributed by atoms with Crippen LogP contribution in [0.15, 0.2) is 29.4 Å². The molecule has 1 heterocycles. The van der Waals surface area contributed by atoms with Crippen molar-refractivity contribution in [2.75, 3.05) is 5.73 Å². The fraction of sp³-hybridized carbons (Fsp3) is 0.273. The molecule has 0 aliphatic rings. The minimum absolute atomic E-state index is 0.290. The van der Waals surface area contributed by atoms with Crippen LogP contribution in [0.5, 0.6) is 0 Å². The van der Waals surface area contributed by atoms with Gasteiger partial charge < -0.3 is 5.73 Å². The number of anilines is 1. The number of aromatic nitrogens is 3. The van der Waals surface area contributed by atoms with Crippen LogP contribution in [-0.4, -0.2) is 15.2 Å². The molecule has 1 aromatic heterocycles. The normalized spacial score (nSPS) is 12.6. The van der Waals surface area contributed by atoms with Gasteiger partial charge in [0.1, 0.15) is 5.82 Å². The Kier molecular flexibility index (Phi) is 3.14. The van der Waals surface area contributed by atoms with E-state index in [4.69, 9.17) is 5.73 Å². The minimum Gasteiger partial charge on any atom is -0.399 e. The number of hydrogen-bond donors (Lipinski definition) is 2. The number of thioether (sulfide) groups is 1. The topological polar surface area (TPSA) is 67.6 Å². The van der Waals surface area contributed by atoms with Crippen molar-refractivity contribution in [3.63, 3.8) is 0 Å². The van der Waals surface area contributed by atoms with Crippen molar-refractivity contribution in [1.29, 1.82) is 0 Å². The number of rotatable bonds is 3. The summed E-state index contributed by atoms with van der Waals surface area (Å²) in [7, 11) is 0. The average molecular weight is 234 g/mol. The number of nitrogens with two attached hydrogens (primary N) is 1. The Bertz CT molecular complexity index is 480. The molecular formula is C11H14N4S. The predicted molar refractivity (Wildman–Crippen MR) is 66.2 cm³/mol. The number of nitrogens with one attached hydrogen (secondary N) is 1. The van der Waals surface area contributed by atoms with E-state index in [0.717, 1.165) is 16.7 Å². The SMILES string of the molecule is Cc1nc(SC(C)c2cccc(N)c2)n[nH]1. The first-order valence-corrected chi connectivity index (χ1v) is 5.94. The van der Waals surface area contributed by atoms with E-state index in [1.165, 1.54) is 5.56 Å². The van der Waals surface area contributed by atoms with Gasteiger partial charge in [0.25, 0.3) is 0 Å². The molecule has 2 rings (SSSR count). The molecule has 0 fully saturated rings. The second-order valence-corrected chi connectivity index (χ2v) is 4.94. The molecule has 0 spiro atoms. The first-order valence-electron chi connectivity index (χ1n) is 5.06. The van der Waals surface area contributed by atoms with Crippen LogP contribution < -0.4 is 5.73 Å². The fourth-order valence-corrected chi connectivity index (χ4v) is 2.30. The van der Waals surface area contributed by atoms with E-state index in [1.54, 1.807) is 11.8 Å². The van der Waals surface area contributed by atoms with Crippen LogP contribution in [0, 0.1) is 6.92 Å². The highest BCUT2D eigenvalue weighted by atomic mass is 32.2. The van der Waals surface area contributed by atoms with Crippen molar-refractivity contribution in [1.82, 2.24) is 15.2 Å². The number of benzene rings is 1. The Morgan fingerprint density at radius 3 is 2.88 bits per heavy atom. The molecule has 3 N–H and O–H groups in total. The van der Waals surface area contributed by atoms with Crippen LogP contribution in [0.4, 0.5) is 5.69 Å². The van der Waals surface area contributed by atoms with Gasteiger partial charge in [-0.1, -0.05) is 23.9 Å². The maximum Gasteiger partial charge on any atom is 0.209 e. The summed E-state index contributed by atoms with van der Waals surface area (Å²) in [4.78, 5) is 4.26. The smallest absolute Gasteiger partial charge is 0.209 e. The number of nitrogen functional groups attached to an aromatic ring is 1. The van der Waals surface area contributed by atoms with Crippen LogP contribution in [-0.2, 0) is 0 Å². The molecule has 1 atom stereocenters. The van der Waals surface area contributed by atoms with Crippen molar-refractivity contribution in [2.45, 2.75) is 24.3 Å². The fourth-order valence-electron chi connectivity index (χ4n) is 1.41. The van der Waals surface area contributed by atoms with Crippen LogP contribution in [0.3, 0.4) is 0 Å². The lowest BCUT2D eigenvalue weighted by Gasteiger charge is -2.09. The highest BCUT2D eigenvalue weighted by molar-refractivity contribution is 7.99. The second kappa shape index (κ2) is 4.57. The molecule has 1 unspecified atom stereocenters. The van der Waals surface area contributed by atoms with Crippen LogP contribution >= 0.6 is 11.8 Å². The van der Waals surface area contributed by atoms with Gasteiger partial charge in [0.05, 0.1) is 0 Å². The number of nitrogens with zero attached hydrogens (tertiary/aromatic N) is 2. The first kappa shape index (κ1) is 11.0. The molecule has 1 aromatic carbocycles. The Morgan fingerprint density at radius 1 is 1.44 bits per heavy atom. The van der Waals surface area contributed by atoms with Crippen LogP contribution in [0.25, 0.3) is 0 Å². The molecular weight excluding hydrogens is 220 g/mol. The lowest BCUT2D eigenvalue weighted by Crippen LogP contribution is -1.92. The first-order chi connectivity index (χ1) is 7.65. The summed E-state index contributed by atoms with van der Waals surface area (Å²) in [5.74, 6) is 0.835.